The molecule has 0 saturated carbocycles. The molecule has 4 rings (SSSR count). The summed E-state index contributed by atoms with van der Waals surface area (Å²) in [5.74, 6) is -0.404. The number of benzene rings is 2. The van der Waals surface area contributed by atoms with Crippen molar-refractivity contribution in [3.05, 3.63) is 71.4 Å². The maximum Gasteiger partial charge on any atom is 0.355 e. The van der Waals surface area contributed by atoms with E-state index in [4.69, 9.17) is 9.47 Å². The van der Waals surface area contributed by atoms with E-state index in [2.05, 4.69) is 24.3 Å². The predicted molar refractivity (Wildman–Crippen MR) is 107 cm³/mol. The fourth-order valence-corrected chi connectivity index (χ4v) is 3.58. The van der Waals surface area contributed by atoms with Gasteiger partial charge in [-0.15, -0.1) is 0 Å². The number of carbonyl (C=O) groups excluding carboxylic acids is 1. The van der Waals surface area contributed by atoms with Gasteiger partial charge >= 0.3 is 5.97 Å². The van der Waals surface area contributed by atoms with Crippen LogP contribution < -0.4 is 0 Å². The lowest BCUT2D eigenvalue weighted by atomic mass is 10.0. The Bertz CT molecular complexity index is 1120. The molecular formula is C23H20N2O3. The van der Waals surface area contributed by atoms with Crippen molar-refractivity contribution in [3.8, 4) is 11.8 Å². The molecule has 0 unspecified atom stereocenters. The van der Waals surface area contributed by atoms with Crippen LogP contribution in [0.15, 0.2) is 54.6 Å². The summed E-state index contributed by atoms with van der Waals surface area (Å²) in [5, 5.41) is 10.5. The van der Waals surface area contributed by atoms with Crippen LogP contribution in [-0.4, -0.2) is 30.4 Å². The first-order chi connectivity index (χ1) is 13.7. The second-order valence-electron chi connectivity index (χ2n) is 6.54. The van der Waals surface area contributed by atoms with Crippen LogP contribution in [0.5, 0.6) is 0 Å². The summed E-state index contributed by atoms with van der Waals surface area (Å²) < 4.78 is 12.5. The van der Waals surface area contributed by atoms with Crippen molar-refractivity contribution in [3.63, 3.8) is 0 Å². The molecule has 1 aliphatic rings. The Hall–Kier alpha value is -3.36. The molecule has 140 valence electrons. The Morgan fingerprint density at radius 2 is 2.11 bits per heavy atom. The molecule has 0 N–H and O–H groups in total. The summed E-state index contributed by atoms with van der Waals surface area (Å²) in [6.07, 6.45) is 2.97. The minimum absolute atomic E-state index is 0.290. The van der Waals surface area contributed by atoms with Crippen molar-refractivity contribution >= 4 is 22.4 Å². The Morgan fingerprint density at radius 1 is 1.25 bits per heavy atom. The molecule has 0 amide bonds. The first-order valence-corrected chi connectivity index (χ1v) is 9.32. The third-order valence-electron chi connectivity index (χ3n) is 4.89. The van der Waals surface area contributed by atoms with Gasteiger partial charge in [-0.1, -0.05) is 24.3 Å². The van der Waals surface area contributed by atoms with Crippen molar-refractivity contribution in [1.29, 1.82) is 5.26 Å². The number of aromatic nitrogens is 1. The van der Waals surface area contributed by atoms with Gasteiger partial charge in [0.1, 0.15) is 11.8 Å². The van der Waals surface area contributed by atoms with Gasteiger partial charge in [-0.2, -0.15) is 5.26 Å². The molecule has 0 fully saturated rings. The highest BCUT2D eigenvalue weighted by molar-refractivity contribution is 5.98. The number of nitriles is 1. The molecule has 1 aromatic heterocycles. The minimum atomic E-state index is -0.404. The monoisotopic (exact) mass is 372 g/mol. The highest BCUT2D eigenvalue weighted by atomic mass is 16.5. The van der Waals surface area contributed by atoms with Crippen LogP contribution in [0.4, 0.5) is 0 Å². The van der Waals surface area contributed by atoms with E-state index in [0.29, 0.717) is 36.8 Å². The molecule has 2 heterocycles. The second kappa shape index (κ2) is 7.71. The average Bonchev–Trinajstić information content (AvgIpc) is 3.13. The molecule has 0 atom stereocenters. The summed E-state index contributed by atoms with van der Waals surface area (Å²) >= 11 is 0. The molecule has 0 spiro atoms. The van der Waals surface area contributed by atoms with Gasteiger partial charge in [-0.3, -0.25) is 0 Å². The van der Waals surface area contributed by atoms with Crippen LogP contribution in [0.3, 0.4) is 0 Å². The van der Waals surface area contributed by atoms with Gasteiger partial charge in [0.2, 0.25) is 0 Å². The average molecular weight is 372 g/mol. The number of hydrogen-bond acceptors (Lipinski definition) is 4. The Kier molecular flexibility index (Phi) is 4.96. The summed E-state index contributed by atoms with van der Waals surface area (Å²) in [5.41, 5.74) is 4.82. The molecule has 0 saturated heterocycles. The third kappa shape index (κ3) is 3.19. The lowest BCUT2D eigenvalue weighted by Gasteiger charge is -2.14. The van der Waals surface area contributed by atoms with Crippen molar-refractivity contribution in [1.82, 2.24) is 4.57 Å². The maximum absolute atomic E-state index is 12.6. The molecule has 2 aromatic carbocycles. The fraction of sp³-hybridized carbons (Fsp3) is 0.217. The minimum Gasteiger partial charge on any atom is -0.461 e. The van der Waals surface area contributed by atoms with E-state index in [0.717, 1.165) is 22.9 Å². The van der Waals surface area contributed by atoms with Gasteiger partial charge in [-0.05, 0) is 54.8 Å². The van der Waals surface area contributed by atoms with Gasteiger partial charge in [-0.25, -0.2) is 4.79 Å². The third-order valence-corrected chi connectivity index (χ3v) is 4.89. The van der Waals surface area contributed by atoms with Gasteiger partial charge in [0.05, 0.1) is 36.6 Å². The van der Waals surface area contributed by atoms with Crippen LogP contribution in [-0.2, 0) is 9.47 Å². The number of esters is 1. The number of nitrogens with zero attached hydrogens (tertiary/aromatic N) is 2. The zero-order chi connectivity index (χ0) is 19.5. The number of carbonyl (C=O) groups is 1. The summed E-state index contributed by atoms with van der Waals surface area (Å²) in [7, 11) is 0. The highest BCUT2D eigenvalue weighted by Gasteiger charge is 2.20. The van der Waals surface area contributed by atoms with Crippen LogP contribution in [0.2, 0.25) is 0 Å². The Balaban J connectivity index is 1.93. The molecule has 3 aromatic rings. The van der Waals surface area contributed by atoms with Gasteiger partial charge in [0, 0.05) is 5.39 Å². The summed E-state index contributed by atoms with van der Waals surface area (Å²) in [6.45, 7) is 3.41. The first-order valence-electron chi connectivity index (χ1n) is 9.32. The number of fused-ring (bicyclic) bond motifs is 1. The van der Waals surface area contributed by atoms with Crippen molar-refractivity contribution in [2.75, 3.05) is 19.8 Å². The number of rotatable bonds is 4. The molecule has 0 radical (unpaired) electrons. The lowest BCUT2D eigenvalue weighted by molar-refractivity contribution is 0.0517. The zero-order valence-corrected chi connectivity index (χ0v) is 15.6. The fourth-order valence-electron chi connectivity index (χ4n) is 3.58. The van der Waals surface area contributed by atoms with Gasteiger partial charge in [0.25, 0.3) is 0 Å². The SMILES string of the molecule is CCOC(=O)c1cc2cc(C3=CCOCC3)ccc2n1-c1ccccc1C#N. The molecule has 0 aliphatic carbocycles. The number of ether oxygens (including phenoxy) is 2. The number of para-hydroxylation sites is 1. The molecule has 5 heteroatoms. The van der Waals surface area contributed by atoms with E-state index in [9.17, 15) is 10.1 Å². The van der Waals surface area contributed by atoms with E-state index >= 15 is 0 Å². The normalized spacial score (nSPS) is 13.8. The second-order valence-corrected chi connectivity index (χ2v) is 6.54. The smallest absolute Gasteiger partial charge is 0.355 e. The molecule has 0 bridgehead atoms. The van der Waals surface area contributed by atoms with Crippen LogP contribution >= 0.6 is 0 Å². The lowest BCUT2D eigenvalue weighted by Crippen LogP contribution is -2.11. The maximum atomic E-state index is 12.6. The number of hydrogen-bond donors (Lipinski definition) is 0. The van der Waals surface area contributed by atoms with Crippen LogP contribution in [0.25, 0.3) is 22.2 Å². The van der Waals surface area contributed by atoms with Gasteiger partial charge in [0.15, 0.2) is 0 Å². The largest absolute Gasteiger partial charge is 0.461 e. The molecular weight excluding hydrogens is 352 g/mol. The standard InChI is InChI=1S/C23H20N2O3/c1-2-28-23(26)22-14-19-13-17(16-9-11-27-12-10-16)7-8-21(19)25(22)20-6-4-3-5-18(20)15-24/h3-9,13-14H,2,10-12H2,1H3. The topological polar surface area (TPSA) is 64.2 Å². The summed E-state index contributed by atoms with van der Waals surface area (Å²) in [6, 6.07) is 17.5. The molecule has 1 aliphatic heterocycles. The van der Waals surface area contributed by atoms with Crippen molar-refractivity contribution < 1.29 is 14.3 Å². The Morgan fingerprint density at radius 3 is 2.86 bits per heavy atom. The van der Waals surface area contributed by atoms with Gasteiger partial charge < -0.3 is 14.0 Å². The van der Waals surface area contributed by atoms with E-state index < -0.39 is 5.97 Å². The predicted octanol–water partition coefficient (Wildman–Crippen LogP) is 4.48. The van der Waals surface area contributed by atoms with E-state index in [1.54, 1.807) is 13.0 Å². The van der Waals surface area contributed by atoms with Crippen molar-refractivity contribution in [2.24, 2.45) is 0 Å². The van der Waals surface area contributed by atoms with E-state index in [1.807, 2.05) is 34.9 Å². The van der Waals surface area contributed by atoms with Crippen LogP contribution in [0, 0.1) is 11.3 Å². The van der Waals surface area contributed by atoms with E-state index in [1.165, 1.54) is 5.57 Å². The zero-order valence-electron chi connectivity index (χ0n) is 15.6. The van der Waals surface area contributed by atoms with Crippen LogP contribution in [0.1, 0.15) is 35.0 Å². The molecule has 5 nitrogen and oxygen atoms in total. The molecule has 28 heavy (non-hydrogen) atoms. The Labute approximate surface area is 163 Å². The highest BCUT2D eigenvalue weighted by Crippen LogP contribution is 2.30. The quantitative estimate of drug-likeness (QED) is 0.633. The van der Waals surface area contributed by atoms with E-state index in [-0.39, 0.29) is 0 Å². The first kappa shape index (κ1) is 18.0. The summed E-state index contributed by atoms with van der Waals surface area (Å²) in [4.78, 5) is 12.6. The van der Waals surface area contributed by atoms with Crippen molar-refractivity contribution in [2.45, 2.75) is 13.3 Å².